The summed E-state index contributed by atoms with van der Waals surface area (Å²) in [5.74, 6) is 0.737. The molecule has 3 heterocycles. The number of hydrogen-bond donors (Lipinski definition) is 1. The molecule has 7 rings (SSSR count). The van der Waals surface area contributed by atoms with Gasteiger partial charge >= 0.3 is 5.97 Å². The van der Waals surface area contributed by atoms with E-state index in [1.165, 1.54) is 6.92 Å². The number of furan rings is 1. The first-order chi connectivity index (χ1) is 15.6. The van der Waals surface area contributed by atoms with Crippen molar-refractivity contribution in [2.75, 3.05) is 0 Å². The summed E-state index contributed by atoms with van der Waals surface area (Å²) >= 11 is 0. The highest BCUT2D eigenvalue weighted by atomic mass is 16.7. The van der Waals surface area contributed by atoms with Crippen molar-refractivity contribution < 1.29 is 33.3 Å². The lowest BCUT2D eigenvalue weighted by Crippen LogP contribution is -2.64. The molecule has 178 valence electrons. The van der Waals surface area contributed by atoms with Crippen molar-refractivity contribution in [3.8, 4) is 5.95 Å². The molecule has 1 aromatic rings. The molecular formula is C26H32O7. The summed E-state index contributed by atoms with van der Waals surface area (Å²) in [6, 6.07) is 0. The standard InChI is InChI=1S/C26H32O7/c1-12(2)25-20(33-25)17-10-24(17)23(4)8-7-14-15(16(23)9-18-26(24,32-18)22(25)29)11-30-21(14)31-19(28)6-5-13(3)27/h11-12,16-18,20,22,29H,5-10H2,1-4H3/t16-,17-,18-,20-,22+,23-,24-,25-,26+/m0/s1. The number of carbonyl (C=O) groups excluding carboxylic acids is 2. The number of esters is 1. The maximum Gasteiger partial charge on any atom is 0.314 e. The van der Waals surface area contributed by atoms with Crippen LogP contribution in [0.25, 0.3) is 0 Å². The van der Waals surface area contributed by atoms with Crippen LogP contribution in [0, 0.1) is 22.7 Å². The van der Waals surface area contributed by atoms with Crippen LogP contribution in [0.4, 0.5) is 0 Å². The molecule has 0 radical (unpaired) electrons. The first-order valence-corrected chi connectivity index (χ1v) is 12.5. The summed E-state index contributed by atoms with van der Waals surface area (Å²) in [5.41, 5.74) is 1.07. The summed E-state index contributed by atoms with van der Waals surface area (Å²) in [4.78, 5) is 23.4. The van der Waals surface area contributed by atoms with Crippen LogP contribution >= 0.6 is 0 Å². The van der Waals surface area contributed by atoms with Gasteiger partial charge in [-0.2, -0.15) is 0 Å². The Morgan fingerprint density at radius 1 is 1.27 bits per heavy atom. The van der Waals surface area contributed by atoms with Gasteiger partial charge in [0.2, 0.25) is 0 Å². The van der Waals surface area contributed by atoms with E-state index in [1.807, 2.05) is 0 Å². The van der Waals surface area contributed by atoms with Gasteiger partial charge < -0.3 is 28.5 Å². The second-order valence-electron chi connectivity index (χ2n) is 12.0. The maximum atomic E-state index is 12.2. The molecule has 6 aliphatic rings. The van der Waals surface area contributed by atoms with Gasteiger partial charge in [0.15, 0.2) is 0 Å². The first kappa shape index (κ1) is 20.7. The van der Waals surface area contributed by atoms with E-state index in [9.17, 15) is 14.7 Å². The number of aliphatic hydroxyl groups is 1. The molecule has 1 N–H and O–H groups in total. The molecule has 7 nitrogen and oxygen atoms in total. The van der Waals surface area contributed by atoms with E-state index in [-0.39, 0.29) is 59.4 Å². The molecule has 0 bridgehead atoms. The molecule has 2 spiro atoms. The fourth-order valence-corrected chi connectivity index (χ4v) is 8.90. The third-order valence-corrected chi connectivity index (χ3v) is 10.6. The number of hydrogen-bond acceptors (Lipinski definition) is 7. The quantitative estimate of drug-likeness (QED) is 0.536. The zero-order chi connectivity index (χ0) is 23.1. The second kappa shape index (κ2) is 5.92. The van der Waals surface area contributed by atoms with Crippen molar-refractivity contribution in [1.29, 1.82) is 0 Å². The number of aliphatic hydroxyl groups excluding tert-OH is 1. The summed E-state index contributed by atoms with van der Waals surface area (Å²) in [5, 5.41) is 11.7. The summed E-state index contributed by atoms with van der Waals surface area (Å²) in [6.07, 6.45) is 5.16. The number of rotatable bonds is 5. The van der Waals surface area contributed by atoms with Gasteiger partial charge in [-0.3, -0.25) is 4.79 Å². The number of Topliss-reactive ketones (excluding diaryl/α,β-unsaturated/α-hetero) is 1. The molecular weight excluding hydrogens is 424 g/mol. The van der Waals surface area contributed by atoms with Crippen LogP contribution in [0.15, 0.2) is 10.7 Å². The zero-order valence-electron chi connectivity index (χ0n) is 19.7. The molecule has 0 amide bonds. The number of fused-ring (bicyclic) bond motifs is 5. The number of epoxide rings is 2. The van der Waals surface area contributed by atoms with Crippen LogP contribution in [0.1, 0.15) is 76.8 Å². The van der Waals surface area contributed by atoms with E-state index in [0.29, 0.717) is 5.92 Å². The van der Waals surface area contributed by atoms with E-state index in [4.69, 9.17) is 18.6 Å². The van der Waals surface area contributed by atoms with Gasteiger partial charge in [0, 0.05) is 23.0 Å². The minimum atomic E-state index is -0.583. The lowest BCUT2D eigenvalue weighted by Gasteiger charge is -2.55. The lowest BCUT2D eigenvalue weighted by molar-refractivity contribution is -0.137. The van der Waals surface area contributed by atoms with Crippen LogP contribution in [-0.4, -0.2) is 46.4 Å². The highest BCUT2D eigenvalue weighted by molar-refractivity contribution is 5.81. The Hall–Kier alpha value is -1.70. The van der Waals surface area contributed by atoms with Crippen molar-refractivity contribution in [2.24, 2.45) is 22.7 Å². The monoisotopic (exact) mass is 456 g/mol. The Morgan fingerprint density at radius 2 is 2.06 bits per heavy atom. The molecule has 2 saturated heterocycles. The summed E-state index contributed by atoms with van der Waals surface area (Å²) in [7, 11) is 0. The van der Waals surface area contributed by atoms with Gasteiger partial charge in [-0.05, 0) is 55.8 Å². The molecule has 0 aromatic carbocycles. The Kier molecular flexibility index (Phi) is 3.70. The normalized spacial score (nSPS) is 49.6. The largest absolute Gasteiger partial charge is 0.433 e. The molecule has 0 unspecified atom stereocenters. The highest BCUT2D eigenvalue weighted by Crippen LogP contribution is 2.90. The number of ether oxygens (including phenoxy) is 3. The summed E-state index contributed by atoms with van der Waals surface area (Å²) in [6.45, 7) is 8.15. The second-order valence-corrected chi connectivity index (χ2v) is 12.0. The third-order valence-electron chi connectivity index (χ3n) is 10.6. The van der Waals surface area contributed by atoms with E-state index < -0.39 is 23.3 Å². The first-order valence-electron chi connectivity index (χ1n) is 12.5. The van der Waals surface area contributed by atoms with Crippen molar-refractivity contribution in [3.63, 3.8) is 0 Å². The third kappa shape index (κ3) is 2.11. The van der Waals surface area contributed by atoms with E-state index >= 15 is 0 Å². The van der Waals surface area contributed by atoms with Gasteiger partial charge in [-0.1, -0.05) is 20.8 Å². The topological polar surface area (TPSA) is 102 Å². The maximum absolute atomic E-state index is 12.2. The number of ketones is 1. The Morgan fingerprint density at radius 3 is 2.79 bits per heavy atom. The molecule has 7 heteroatoms. The van der Waals surface area contributed by atoms with Gasteiger partial charge in [0.25, 0.3) is 5.95 Å². The van der Waals surface area contributed by atoms with Crippen molar-refractivity contribution in [1.82, 2.24) is 0 Å². The van der Waals surface area contributed by atoms with E-state index in [0.717, 1.165) is 36.8 Å². The van der Waals surface area contributed by atoms with Crippen LogP contribution in [0.3, 0.4) is 0 Å². The predicted molar refractivity (Wildman–Crippen MR) is 115 cm³/mol. The van der Waals surface area contributed by atoms with Crippen LogP contribution < -0.4 is 4.74 Å². The Bertz CT molecular complexity index is 1090. The minimum absolute atomic E-state index is 0.0266. The van der Waals surface area contributed by atoms with Crippen molar-refractivity contribution in [2.45, 2.75) is 102 Å². The van der Waals surface area contributed by atoms with Crippen molar-refractivity contribution >= 4 is 11.8 Å². The van der Waals surface area contributed by atoms with Gasteiger partial charge in [-0.25, -0.2) is 0 Å². The zero-order valence-corrected chi connectivity index (χ0v) is 19.7. The molecule has 9 atom stereocenters. The van der Waals surface area contributed by atoms with Gasteiger partial charge in [0.1, 0.15) is 23.1 Å². The van der Waals surface area contributed by atoms with Gasteiger partial charge in [0.05, 0.1) is 24.9 Å². The molecule has 5 fully saturated rings. The van der Waals surface area contributed by atoms with E-state index in [1.54, 1.807) is 6.26 Å². The smallest absolute Gasteiger partial charge is 0.314 e. The molecule has 1 aromatic heterocycles. The fourth-order valence-electron chi connectivity index (χ4n) is 8.90. The van der Waals surface area contributed by atoms with Crippen LogP contribution in [0.2, 0.25) is 0 Å². The van der Waals surface area contributed by atoms with Crippen LogP contribution in [-0.2, 0) is 25.5 Å². The van der Waals surface area contributed by atoms with Gasteiger partial charge in [-0.15, -0.1) is 0 Å². The summed E-state index contributed by atoms with van der Waals surface area (Å²) < 4.78 is 24.1. The molecule has 2 aliphatic heterocycles. The number of carbonyl (C=O) groups is 2. The SMILES string of the molecule is CC(=O)CCC(=O)Oc1occ2c1CC[C@@]1(C)[C@H]2C[C@@H]2O[C@@]23[C@H](O)[C@@]2(C(C)C)O[C@H]2[C@@H]2C[C@@]231. The highest BCUT2D eigenvalue weighted by Gasteiger charge is 2.97. The lowest BCUT2D eigenvalue weighted by atomic mass is 9.46. The fraction of sp³-hybridized carbons (Fsp3) is 0.769. The average molecular weight is 457 g/mol. The molecule has 4 aliphatic carbocycles. The predicted octanol–water partition coefficient (Wildman–Crippen LogP) is 3.31. The Labute approximate surface area is 193 Å². The molecule has 33 heavy (non-hydrogen) atoms. The molecule has 3 saturated carbocycles. The Balaban J connectivity index is 1.21. The van der Waals surface area contributed by atoms with E-state index in [2.05, 4.69) is 20.8 Å². The van der Waals surface area contributed by atoms with Crippen LogP contribution in [0.5, 0.6) is 5.95 Å². The average Bonchev–Trinajstić information content (AvgIpc) is 3.65. The minimum Gasteiger partial charge on any atom is -0.433 e. The van der Waals surface area contributed by atoms with Crippen molar-refractivity contribution in [3.05, 3.63) is 17.4 Å².